The van der Waals surface area contributed by atoms with Crippen molar-refractivity contribution < 1.29 is 4.74 Å². The number of ether oxygens (including phenoxy) is 1. The Bertz CT molecular complexity index is 1020. The number of aromatic nitrogens is 4. The smallest absolute Gasteiger partial charge is 0.275 e. The second-order valence-corrected chi connectivity index (χ2v) is 5.90. The number of H-pyrrole nitrogens is 1. The summed E-state index contributed by atoms with van der Waals surface area (Å²) >= 11 is 0. The molecule has 0 amide bonds. The molecule has 0 saturated carbocycles. The van der Waals surface area contributed by atoms with E-state index in [2.05, 4.69) is 20.4 Å². The van der Waals surface area contributed by atoms with Crippen LogP contribution < -0.4 is 21.2 Å². The minimum absolute atomic E-state index is 0.0662. The third-order valence-corrected chi connectivity index (χ3v) is 3.56. The lowest BCUT2D eigenvalue weighted by Crippen LogP contribution is -2.26. The summed E-state index contributed by atoms with van der Waals surface area (Å²) in [5.74, 6) is 0.707. The number of fused-ring (bicyclic) bond motifs is 1. The predicted octanol–water partition coefficient (Wildman–Crippen LogP) is 1.36. The van der Waals surface area contributed by atoms with Crippen LogP contribution >= 0.6 is 0 Å². The Morgan fingerprint density at radius 1 is 1.24 bits per heavy atom. The molecule has 8 nitrogen and oxygen atoms in total. The number of nitrogens with one attached hydrogen (secondary N) is 2. The first-order chi connectivity index (χ1) is 12.0. The minimum Gasteiger partial charge on any atom is -0.480 e. The summed E-state index contributed by atoms with van der Waals surface area (Å²) in [6.45, 7) is 3.94. The number of hydrogen-bond acceptors (Lipinski definition) is 6. The first-order valence-electron chi connectivity index (χ1n) is 7.88. The molecule has 0 radical (unpaired) electrons. The fourth-order valence-electron chi connectivity index (χ4n) is 2.55. The monoisotopic (exact) mass is 341 g/mol. The maximum atomic E-state index is 12.7. The third kappa shape index (κ3) is 3.52. The molecule has 2 aromatic heterocycles. The van der Waals surface area contributed by atoms with Crippen LogP contribution in [0.1, 0.15) is 19.5 Å². The van der Waals surface area contributed by atoms with Crippen LogP contribution in [0.25, 0.3) is 10.8 Å². The Morgan fingerprint density at radius 3 is 2.64 bits per heavy atom. The van der Waals surface area contributed by atoms with Crippen molar-refractivity contribution >= 4 is 16.7 Å². The van der Waals surface area contributed by atoms with E-state index in [9.17, 15) is 9.59 Å². The molecule has 0 spiro atoms. The molecule has 3 aromatic rings. The number of anilines is 1. The quantitative estimate of drug-likeness (QED) is 0.726. The van der Waals surface area contributed by atoms with Gasteiger partial charge in [-0.05, 0) is 26.0 Å². The second-order valence-electron chi connectivity index (χ2n) is 5.90. The van der Waals surface area contributed by atoms with Gasteiger partial charge in [-0.15, -0.1) is 5.10 Å². The largest absolute Gasteiger partial charge is 0.480 e. The molecule has 0 atom stereocenters. The first-order valence-corrected chi connectivity index (χ1v) is 7.88. The van der Waals surface area contributed by atoms with Gasteiger partial charge in [-0.2, -0.15) is 0 Å². The molecule has 0 aliphatic rings. The van der Waals surface area contributed by atoms with Gasteiger partial charge in [-0.3, -0.25) is 14.6 Å². The lowest BCUT2D eigenvalue weighted by atomic mass is 10.2. The van der Waals surface area contributed by atoms with Gasteiger partial charge in [-0.1, -0.05) is 12.1 Å². The lowest BCUT2D eigenvalue weighted by Gasteiger charge is -2.11. The van der Waals surface area contributed by atoms with Crippen LogP contribution in [0.15, 0.2) is 39.9 Å². The van der Waals surface area contributed by atoms with Crippen molar-refractivity contribution in [3.05, 3.63) is 56.7 Å². The van der Waals surface area contributed by atoms with Crippen LogP contribution in [0.2, 0.25) is 0 Å². The fraction of sp³-hybridized carbons (Fsp3) is 0.294. The van der Waals surface area contributed by atoms with E-state index in [1.54, 1.807) is 18.2 Å². The highest BCUT2D eigenvalue weighted by atomic mass is 16.5. The van der Waals surface area contributed by atoms with E-state index < -0.39 is 0 Å². The standard InChI is InChI=1S/C17H19N5O3/c1-10(2)18-17-19-11(8-14(23)20-17)9-22-16(24)13-7-5-4-6-12(13)15(21-22)25-3/h4-8,10H,9H2,1-3H3,(H2,18,19,20,23). The SMILES string of the molecule is COc1nn(Cc2cc(=O)[nH]c(NC(C)C)n2)c(=O)c2ccccc12. The molecule has 2 heterocycles. The molecule has 0 fully saturated rings. The highest BCUT2D eigenvalue weighted by Crippen LogP contribution is 2.19. The molecule has 2 N–H and O–H groups in total. The van der Waals surface area contributed by atoms with Crippen LogP contribution in [-0.4, -0.2) is 32.9 Å². The molecule has 0 bridgehead atoms. The summed E-state index contributed by atoms with van der Waals surface area (Å²) in [4.78, 5) is 31.5. The van der Waals surface area contributed by atoms with E-state index in [0.717, 1.165) is 0 Å². The number of methoxy groups -OCH3 is 1. The van der Waals surface area contributed by atoms with Gasteiger partial charge in [0.2, 0.25) is 11.8 Å². The van der Waals surface area contributed by atoms with Gasteiger partial charge in [0, 0.05) is 12.1 Å². The molecule has 0 aliphatic heterocycles. The number of benzene rings is 1. The molecule has 25 heavy (non-hydrogen) atoms. The maximum absolute atomic E-state index is 12.7. The van der Waals surface area contributed by atoms with Crippen LogP contribution in [0.4, 0.5) is 5.95 Å². The summed E-state index contributed by atoms with van der Waals surface area (Å²) in [6, 6.07) is 8.56. The Morgan fingerprint density at radius 2 is 1.96 bits per heavy atom. The maximum Gasteiger partial charge on any atom is 0.275 e. The highest BCUT2D eigenvalue weighted by Gasteiger charge is 2.12. The van der Waals surface area contributed by atoms with Gasteiger partial charge in [0.05, 0.1) is 30.1 Å². The normalized spacial score (nSPS) is 11.0. The zero-order valence-corrected chi connectivity index (χ0v) is 14.2. The Kier molecular flexibility index (Phi) is 4.51. The van der Waals surface area contributed by atoms with Gasteiger partial charge in [0.15, 0.2) is 0 Å². The molecular weight excluding hydrogens is 322 g/mol. The molecule has 8 heteroatoms. The third-order valence-electron chi connectivity index (χ3n) is 3.56. The summed E-state index contributed by atoms with van der Waals surface area (Å²) in [5, 5.41) is 8.43. The van der Waals surface area contributed by atoms with E-state index in [1.807, 2.05) is 19.9 Å². The molecular formula is C17H19N5O3. The zero-order valence-electron chi connectivity index (χ0n) is 14.2. The summed E-state index contributed by atoms with van der Waals surface area (Å²) in [6.07, 6.45) is 0. The van der Waals surface area contributed by atoms with Gasteiger partial charge in [-0.25, -0.2) is 9.67 Å². The molecule has 130 valence electrons. The van der Waals surface area contributed by atoms with Gasteiger partial charge < -0.3 is 10.1 Å². The van der Waals surface area contributed by atoms with Crippen molar-refractivity contribution in [2.75, 3.05) is 12.4 Å². The number of nitrogens with zero attached hydrogens (tertiary/aromatic N) is 3. The molecule has 0 saturated heterocycles. The number of hydrogen-bond donors (Lipinski definition) is 2. The van der Waals surface area contributed by atoms with E-state index in [0.29, 0.717) is 28.3 Å². The van der Waals surface area contributed by atoms with Crippen LogP contribution in [0.5, 0.6) is 5.88 Å². The van der Waals surface area contributed by atoms with E-state index in [1.165, 1.54) is 17.9 Å². The second kappa shape index (κ2) is 6.76. The molecule has 3 rings (SSSR count). The highest BCUT2D eigenvalue weighted by molar-refractivity contribution is 5.85. The lowest BCUT2D eigenvalue weighted by molar-refractivity contribution is 0.385. The van der Waals surface area contributed by atoms with Crippen molar-refractivity contribution in [1.82, 2.24) is 19.7 Å². The van der Waals surface area contributed by atoms with E-state index in [4.69, 9.17) is 4.74 Å². The van der Waals surface area contributed by atoms with Crippen molar-refractivity contribution in [2.24, 2.45) is 0 Å². The van der Waals surface area contributed by atoms with Gasteiger partial charge >= 0.3 is 0 Å². The van der Waals surface area contributed by atoms with Crippen LogP contribution in [0.3, 0.4) is 0 Å². The Labute approximate surface area is 143 Å². The topological polar surface area (TPSA) is 102 Å². The average molecular weight is 341 g/mol. The predicted molar refractivity (Wildman–Crippen MR) is 95.3 cm³/mol. The summed E-state index contributed by atoms with van der Waals surface area (Å²) < 4.78 is 6.54. The molecule has 0 aliphatic carbocycles. The fourth-order valence-corrected chi connectivity index (χ4v) is 2.55. The van der Waals surface area contributed by atoms with Crippen molar-refractivity contribution in [2.45, 2.75) is 26.4 Å². The van der Waals surface area contributed by atoms with Crippen molar-refractivity contribution in [3.63, 3.8) is 0 Å². The number of rotatable bonds is 5. The Balaban J connectivity index is 2.07. The van der Waals surface area contributed by atoms with Gasteiger partial charge in [0.25, 0.3) is 11.1 Å². The Hall–Kier alpha value is -3.16. The van der Waals surface area contributed by atoms with Crippen molar-refractivity contribution in [1.29, 1.82) is 0 Å². The van der Waals surface area contributed by atoms with Crippen LogP contribution in [0, 0.1) is 0 Å². The van der Waals surface area contributed by atoms with E-state index >= 15 is 0 Å². The first kappa shape index (κ1) is 16.7. The van der Waals surface area contributed by atoms with Gasteiger partial charge in [0.1, 0.15) is 0 Å². The minimum atomic E-state index is -0.297. The molecule has 0 unspecified atom stereocenters. The van der Waals surface area contributed by atoms with Crippen molar-refractivity contribution in [3.8, 4) is 5.88 Å². The van der Waals surface area contributed by atoms with Crippen LogP contribution in [-0.2, 0) is 6.54 Å². The summed E-state index contributed by atoms with van der Waals surface area (Å²) in [5.41, 5.74) is -0.135. The van der Waals surface area contributed by atoms with E-state index in [-0.39, 0.29) is 23.7 Å². The molecule has 1 aromatic carbocycles. The average Bonchev–Trinajstić information content (AvgIpc) is 2.56. The summed E-state index contributed by atoms with van der Waals surface area (Å²) in [7, 11) is 1.50. The number of aromatic amines is 1. The zero-order chi connectivity index (χ0) is 18.0.